The van der Waals surface area contributed by atoms with E-state index in [1.165, 1.54) is 41.1 Å². The van der Waals surface area contributed by atoms with Gasteiger partial charge in [-0.3, -0.25) is 19.8 Å². The van der Waals surface area contributed by atoms with E-state index in [0.29, 0.717) is 49.3 Å². The number of amides is 1. The van der Waals surface area contributed by atoms with E-state index >= 15 is 0 Å². The summed E-state index contributed by atoms with van der Waals surface area (Å²) < 4.78 is 41.2. The molecule has 0 radical (unpaired) electrons. The first-order chi connectivity index (χ1) is 29.2. The Morgan fingerprint density at radius 3 is 2.48 bits per heavy atom. The van der Waals surface area contributed by atoms with E-state index in [9.17, 15) is 23.3 Å². The van der Waals surface area contributed by atoms with Gasteiger partial charge in [0.2, 0.25) is 0 Å². The zero-order chi connectivity index (χ0) is 43.3. The number of ether oxygens (including phenoxy) is 2. The summed E-state index contributed by atoms with van der Waals surface area (Å²) in [7, 11) is -4.56. The number of benzene rings is 3. The number of nitro groups is 1. The molecule has 7 rings (SSSR count). The van der Waals surface area contributed by atoms with Gasteiger partial charge in [-0.2, -0.15) is 0 Å². The molecule has 322 valence electrons. The van der Waals surface area contributed by atoms with Crippen molar-refractivity contribution in [2.24, 2.45) is 5.92 Å². The van der Waals surface area contributed by atoms with Crippen LogP contribution in [0, 0.1) is 16.0 Å². The molecule has 1 amide bonds. The number of allylic oxidation sites excluding steroid dienone is 1. The first-order valence-electron chi connectivity index (χ1n) is 20.6. The molecule has 3 aromatic carbocycles. The Morgan fingerprint density at radius 2 is 1.77 bits per heavy atom. The fourth-order valence-electron chi connectivity index (χ4n) is 8.08. The number of sulfonamides is 1. The lowest BCUT2D eigenvalue weighted by atomic mass is 9.84. The van der Waals surface area contributed by atoms with Crippen molar-refractivity contribution < 1.29 is 27.6 Å². The lowest BCUT2D eigenvalue weighted by Crippen LogP contribution is -2.55. The summed E-state index contributed by atoms with van der Waals surface area (Å²) in [5.74, 6) is -0.223. The number of anilines is 2. The van der Waals surface area contributed by atoms with Crippen LogP contribution in [0.15, 0.2) is 95.7 Å². The predicted octanol–water partition coefficient (Wildman–Crippen LogP) is 9.05. The Kier molecular flexibility index (Phi) is 13.3. The molecule has 4 heterocycles. The number of hydrogen-bond acceptors (Lipinski definition) is 11. The number of aromatic nitrogens is 2. The molecule has 2 aliphatic heterocycles. The highest BCUT2D eigenvalue weighted by Crippen LogP contribution is 2.37. The summed E-state index contributed by atoms with van der Waals surface area (Å²) in [6.07, 6.45) is 6.89. The molecule has 0 unspecified atom stereocenters. The molecule has 3 N–H and O–H groups in total. The number of nitro benzene ring substituents is 1. The van der Waals surface area contributed by atoms with Gasteiger partial charge < -0.3 is 24.7 Å². The monoisotopic (exact) mass is 869 g/mol. The summed E-state index contributed by atoms with van der Waals surface area (Å²) in [6.45, 7) is 13.6. The third kappa shape index (κ3) is 10.0. The second-order valence-corrected chi connectivity index (χ2v) is 18.2. The van der Waals surface area contributed by atoms with Crippen molar-refractivity contribution >= 4 is 61.2 Å². The Bertz CT molecular complexity index is 2530. The van der Waals surface area contributed by atoms with Crippen LogP contribution in [0.4, 0.5) is 17.1 Å². The van der Waals surface area contributed by atoms with Crippen molar-refractivity contribution in [2.75, 3.05) is 56.2 Å². The van der Waals surface area contributed by atoms with E-state index in [-0.39, 0.29) is 28.5 Å². The van der Waals surface area contributed by atoms with Gasteiger partial charge in [0.15, 0.2) is 0 Å². The van der Waals surface area contributed by atoms with E-state index in [1.54, 1.807) is 24.4 Å². The van der Waals surface area contributed by atoms with E-state index in [0.717, 1.165) is 55.9 Å². The smallest absolute Gasteiger partial charge is 0.293 e. The van der Waals surface area contributed by atoms with Gasteiger partial charge in [-0.25, -0.2) is 18.1 Å². The van der Waals surface area contributed by atoms with Gasteiger partial charge in [-0.15, -0.1) is 0 Å². The Labute approximate surface area is 361 Å². The van der Waals surface area contributed by atoms with Gasteiger partial charge in [0.05, 0.1) is 21.6 Å². The average Bonchev–Trinajstić information content (AvgIpc) is 3.73. The van der Waals surface area contributed by atoms with E-state index < -0.39 is 31.4 Å². The molecule has 2 fully saturated rings. The number of aromatic amines is 1. The normalized spacial score (nSPS) is 16.0. The van der Waals surface area contributed by atoms with Crippen LogP contribution in [0.3, 0.4) is 0 Å². The van der Waals surface area contributed by atoms with Crippen LogP contribution in [0.1, 0.15) is 69.3 Å². The molecule has 0 saturated carbocycles. The van der Waals surface area contributed by atoms with Crippen LogP contribution in [0.5, 0.6) is 11.5 Å². The Hall–Kier alpha value is -5.48. The number of carbonyl (C=O) groups excluding carboxylic acids is 1. The molecule has 16 heteroatoms. The van der Waals surface area contributed by atoms with Gasteiger partial charge in [0.1, 0.15) is 22.8 Å². The lowest BCUT2D eigenvalue weighted by molar-refractivity contribution is -0.384. The molecule has 0 aliphatic carbocycles. The molecular weight excluding hydrogens is 818 g/mol. The summed E-state index contributed by atoms with van der Waals surface area (Å²) in [6, 6.07) is 20.3. The first kappa shape index (κ1) is 43.6. The van der Waals surface area contributed by atoms with Gasteiger partial charge in [-0.1, -0.05) is 37.1 Å². The highest BCUT2D eigenvalue weighted by atomic mass is 35.5. The first-order valence-corrected chi connectivity index (χ1v) is 22.5. The number of nitrogens with one attached hydrogen (secondary N) is 3. The zero-order valence-electron chi connectivity index (χ0n) is 34.9. The Morgan fingerprint density at radius 1 is 1.03 bits per heavy atom. The summed E-state index contributed by atoms with van der Waals surface area (Å²) in [5, 5.41) is 16.7. The number of nitrogens with zero attached hydrogens (tertiary/aromatic N) is 4. The van der Waals surface area contributed by atoms with Crippen molar-refractivity contribution in [3.8, 4) is 11.5 Å². The Balaban J connectivity index is 1.12. The highest BCUT2D eigenvalue weighted by Gasteiger charge is 2.34. The SMILES string of the molecule is CCCC(=C(C)C(C)(C)N1CCN(c2ccc(C(=O)NS(=O)(=O)c3ccc(NCC4CCOCC4)c([N+](=O)[O-])c3)c(Oc3cnc4[nH]ccc4c3)c2)CC1)c1ccc(Cl)cc1. The molecule has 0 bridgehead atoms. The minimum Gasteiger partial charge on any atom is -0.455 e. The maximum Gasteiger partial charge on any atom is 0.293 e. The molecule has 14 nitrogen and oxygen atoms in total. The summed E-state index contributed by atoms with van der Waals surface area (Å²) >= 11 is 6.22. The predicted molar refractivity (Wildman–Crippen MR) is 239 cm³/mol. The van der Waals surface area contributed by atoms with Crippen LogP contribution >= 0.6 is 11.6 Å². The molecule has 2 aliphatic rings. The number of hydrogen-bond donors (Lipinski definition) is 3. The summed E-state index contributed by atoms with van der Waals surface area (Å²) in [5.41, 5.74) is 4.76. The second-order valence-electron chi connectivity index (χ2n) is 16.1. The van der Waals surface area contributed by atoms with E-state index in [1.807, 2.05) is 18.2 Å². The van der Waals surface area contributed by atoms with Crippen LogP contribution in [-0.4, -0.2) is 85.6 Å². The maximum absolute atomic E-state index is 13.9. The highest BCUT2D eigenvalue weighted by molar-refractivity contribution is 7.90. The number of rotatable bonds is 15. The van der Waals surface area contributed by atoms with Crippen molar-refractivity contribution in [2.45, 2.75) is 63.8 Å². The third-order valence-corrected chi connectivity index (χ3v) is 13.5. The largest absolute Gasteiger partial charge is 0.455 e. The van der Waals surface area contributed by atoms with Crippen molar-refractivity contribution in [3.63, 3.8) is 0 Å². The van der Waals surface area contributed by atoms with Crippen LogP contribution < -0.4 is 19.7 Å². The fraction of sp³-hybridized carbons (Fsp3) is 0.378. The van der Waals surface area contributed by atoms with Crippen LogP contribution in [-0.2, 0) is 14.8 Å². The van der Waals surface area contributed by atoms with Gasteiger partial charge >= 0.3 is 0 Å². The molecular formula is C45H52ClN7O7S. The number of carbonyl (C=O) groups is 1. The van der Waals surface area contributed by atoms with Gasteiger partial charge in [0, 0.05) is 85.9 Å². The number of piperazine rings is 1. The van der Waals surface area contributed by atoms with Crippen LogP contribution in [0.25, 0.3) is 16.6 Å². The fourth-order valence-corrected chi connectivity index (χ4v) is 9.19. The minimum atomic E-state index is -4.56. The van der Waals surface area contributed by atoms with Gasteiger partial charge in [-0.05, 0) is 111 Å². The topological polar surface area (TPSA) is 172 Å². The zero-order valence-corrected chi connectivity index (χ0v) is 36.4. The quantitative estimate of drug-likeness (QED) is 0.0677. The van der Waals surface area contributed by atoms with Crippen molar-refractivity contribution in [3.05, 3.63) is 117 Å². The maximum atomic E-state index is 13.9. The van der Waals surface area contributed by atoms with E-state index in [4.69, 9.17) is 21.1 Å². The third-order valence-electron chi connectivity index (χ3n) is 11.9. The van der Waals surface area contributed by atoms with Crippen molar-refractivity contribution in [1.82, 2.24) is 19.6 Å². The number of H-pyrrole nitrogens is 1. The van der Waals surface area contributed by atoms with Gasteiger partial charge in [0.25, 0.3) is 21.6 Å². The van der Waals surface area contributed by atoms with E-state index in [2.05, 4.69) is 69.6 Å². The number of halogens is 1. The number of fused-ring (bicyclic) bond motifs is 1. The molecule has 0 atom stereocenters. The molecule has 61 heavy (non-hydrogen) atoms. The molecule has 5 aromatic rings. The minimum absolute atomic E-state index is 0.0445. The standard InChI is InChI=1S/C45H52ClN7O7S/c1-5-6-38(32-7-9-34(46)10-8-32)30(2)45(3,4)52-21-19-51(20-22-52)35-11-13-39(42(26-35)60-36-25-33-15-18-47-43(33)49-29-36)44(54)50-61(57,58)37-12-14-40(41(27-37)53(55)56)48-28-31-16-23-59-24-17-31/h7-15,18,25-27,29,31,48H,5-6,16-17,19-24,28H2,1-4H3,(H,47,49)(H,50,54). The molecule has 0 spiro atoms. The summed E-state index contributed by atoms with van der Waals surface area (Å²) in [4.78, 5) is 37.1. The average molecular weight is 870 g/mol. The van der Waals surface area contributed by atoms with Crippen molar-refractivity contribution in [1.29, 1.82) is 0 Å². The molecule has 2 saturated heterocycles. The second kappa shape index (κ2) is 18.6. The lowest BCUT2D eigenvalue weighted by Gasteiger charge is -2.46. The van der Waals surface area contributed by atoms with Crippen LogP contribution in [0.2, 0.25) is 5.02 Å². The number of pyridine rings is 1. The molecule has 2 aromatic heterocycles.